The molecule has 0 radical (unpaired) electrons. The summed E-state index contributed by atoms with van der Waals surface area (Å²) in [5, 5.41) is 3.83. The van der Waals surface area contributed by atoms with E-state index in [1.165, 1.54) is 0 Å². The molecular weight excluding hydrogens is 352 g/mol. The molecule has 0 atom stereocenters. The van der Waals surface area contributed by atoms with Crippen LogP contribution in [0.3, 0.4) is 0 Å². The summed E-state index contributed by atoms with van der Waals surface area (Å²) >= 11 is 3.44. The van der Waals surface area contributed by atoms with Crippen molar-refractivity contribution in [2.24, 2.45) is 0 Å². The van der Waals surface area contributed by atoms with Gasteiger partial charge in [-0.3, -0.25) is 4.79 Å². The topological polar surface area (TPSA) is 42.0 Å². The molecule has 4 heteroatoms. The van der Waals surface area contributed by atoms with E-state index in [0.717, 1.165) is 26.6 Å². The molecule has 23 heavy (non-hydrogen) atoms. The molecule has 0 spiro atoms. The zero-order valence-electron chi connectivity index (χ0n) is 13.0. The van der Waals surface area contributed by atoms with Gasteiger partial charge in [0.15, 0.2) is 0 Å². The molecule has 0 saturated carbocycles. The lowest BCUT2D eigenvalue weighted by molar-refractivity contribution is 0.0945. The van der Waals surface area contributed by atoms with Crippen LogP contribution in [0.5, 0.6) is 0 Å². The van der Waals surface area contributed by atoms with E-state index in [2.05, 4.69) is 21.2 Å². The van der Waals surface area contributed by atoms with E-state index in [9.17, 15) is 4.79 Å². The van der Waals surface area contributed by atoms with Gasteiger partial charge in [-0.25, -0.2) is 4.98 Å². The molecule has 3 rings (SSSR count). The molecule has 0 bridgehead atoms. The van der Waals surface area contributed by atoms with Crippen molar-refractivity contribution in [2.75, 3.05) is 0 Å². The van der Waals surface area contributed by atoms with Gasteiger partial charge >= 0.3 is 0 Å². The monoisotopic (exact) mass is 368 g/mol. The van der Waals surface area contributed by atoms with Crippen molar-refractivity contribution < 1.29 is 4.79 Å². The summed E-state index contributed by atoms with van der Waals surface area (Å²) in [6, 6.07) is 17.6. The number of nitrogens with one attached hydrogen (secondary N) is 1. The molecule has 1 heterocycles. The molecule has 3 nitrogen and oxygen atoms in total. The summed E-state index contributed by atoms with van der Waals surface area (Å²) in [6.45, 7) is 3.91. The quantitative estimate of drug-likeness (QED) is 0.721. The molecule has 0 aliphatic heterocycles. The van der Waals surface area contributed by atoms with E-state index in [1.807, 2.05) is 68.4 Å². The normalized spacial score (nSPS) is 11.0. The fourth-order valence-corrected chi connectivity index (χ4v) is 2.74. The second-order valence-corrected chi connectivity index (χ2v) is 6.62. The largest absolute Gasteiger partial charge is 0.350 e. The van der Waals surface area contributed by atoms with Gasteiger partial charge in [0.25, 0.3) is 5.91 Å². The number of benzene rings is 2. The van der Waals surface area contributed by atoms with E-state index < -0.39 is 0 Å². The van der Waals surface area contributed by atoms with Gasteiger partial charge in [0.1, 0.15) is 0 Å². The Balaban J connectivity index is 2.17. The van der Waals surface area contributed by atoms with Gasteiger partial charge in [-0.05, 0) is 38.1 Å². The molecule has 0 aliphatic carbocycles. The van der Waals surface area contributed by atoms with Crippen LogP contribution in [-0.4, -0.2) is 16.9 Å². The first-order valence-electron chi connectivity index (χ1n) is 7.51. The fourth-order valence-electron chi connectivity index (χ4n) is 2.47. The van der Waals surface area contributed by atoms with Crippen molar-refractivity contribution in [3.05, 3.63) is 64.6 Å². The van der Waals surface area contributed by atoms with Gasteiger partial charge in [-0.2, -0.15) is 0 Å². The van der Waals surface area contributed by atoms with E-state index in [-0.39, 0.29) is 11.9 Å². The number of nitrogens with zero attached hydrogens (tertiary/aromatic N) is 1. The highest BCUT2D eigenvalue weighted by Crippen LogP contribution is 2.26. The van der Waals surface area contributed by atoms with Crippen molar-refractivity contribution in [3.63, 3.8) is 0 Å². The molecular formula is C19H17BrN2O. The third kappa shape index (κ3) is 3.42. The second kappa shape index (κ2) is 6.50. The number of rotatable bonds is 3. The van der Waals surface area contributed by atoms with Crippen LogP contribution in [-0.2, 0) is 0 Å². The van der Waals surface area contributed by atoms with Gasteiger partial charge in [0.05, 0.1) is 16.8 Å². The summed E-state index contributed by atoms with van der Waals surface area (Å²) in [7, 11) is 0. The van der Waals surface area contributed by atoms with Crippen LogP contribution in [0.15, 0.2) is 59.1 Å². The molecule has 0 fully saturated rings. The minimum atomic E-state index is -0.0723. The van der Waals surface area contributed by atoms with E-state index in [0.29, 0.717) is 5.56 Å². The Kier molecular flexibility index (Phi) is 4.44. The predicted molar refractivity (Wildman–Crippen MR) is 97.5 cm³/mol. The maximum atomic E-state index is 12.6. The Morgan fingerprint density at radius 3 is 2.48 bits per heavy atom. The van der Waals surface area contributed by atoms with Crippen molar-refractivity contribution in [1.29, 1.82) is 0 Å². The molecule has 2 aromatic carbocycles. The minimum absolute atomic E-state index is 0.0723. The Labute approximate surface area is 143 Å². The minimum Gasteiger partial charge on any atom is -0.350 e. The summed E-state index contributed by atoms with van der Waals surface area (Å²) < 4.78 is 1.01. The molecule has 0 unspecified atom stereocenters. The van der Waals surface area contributed by atoms with Gasteiger partial charge in [-0.1, -0.05) is 46.3 Å². The van der Waals surface area contributed by atoms with Gasteiger partial charge in [0.2, 0.25) is 0 Å². The average Bonchev–Trinajstić information content (AvgIpc) is 2.54. The number of halogens is 1. The summed E-state index contributed by atoms with van der Waals surface area (Å²) in [5.74, 6) is -0.0723. The van der Waals surface area contributed by atoms with E-state index in [1.54, 1.807) is 0 Å². The third-order valence-corrected chi connectivity index (χ3v) is 4.05. The lowest BCUT2D eigenvalue weighted by atomic mass is 10.0. The molecule has 3 aromatic rings. The molecule has 1 amide bonds. The number of aromatic nitrogens is 1. The van der Waals surface area contributed by atoms with Crippen molar-refractivity contribution in [1.82, 2.24) is 10.3 Å². The predicted octanol–water partition coefficient (Wildman–Crippen LogP) is 4.80. The maximum absolute atomic E-state index is 12.6. The van der Waals surface area contributed by atoms with Crippen molar-refractivity contribution >= 4 is 32.7 Å². The Bertz CT molecular complexity index is 857. The zero-order chi connectivity index (χ0) is 16.4. The summed E-state index contributed by atoms with van der Waals surface area (Å²) in [4.78, 5) is 17.3. The highest BCUT2D eigenvalue weighted by molar-refractivity contribution is 9.10. The summed E-state index contributed by atoms with van der Waals surface area (Å²) in [6.07, 6.45) is 0. The Morgan fingerprint density at radius 2 is 1.78 bits per heavy atom. The standard InChI is InChI=1S/C19H17BrN2O/c1-12(2)21-19(23)16-11-18(13-7-9-14(20)10-8-13)22-17-6-4-3-5-15(16)17/h3-12H,1-2H3,(H,21,23). The van der Waals surface area contributed by atoms with Crippen LogP contribution in [0.25, 0.3) is 22.2 Å². The van der Waals surface area contributed by atoms with Gasteiger partial charge in [-0.15, -0.1) is 0 Å². The number of carbonyl (C=O) groups is 1. The van der Waals surface area contributed by atoms with Crippen LogP contribution in [0, 0.1) is 0 Å². The SMILES string of the molecule is CC(C)NC(=O)c1cc(-c2ccc(Br)cc2)nc2ccccc12. The molecule has 1 N–H and O–H groups in total. The number of carbonyl (C=O) groups excluding carboxylic acids is 1. The van der Waals surface area contributed by atoms with Crippen LogP contribution >= 0.6 is 15.9 Å². The lowest BCUT2D eigenvalue weighted by Gasteiger charge is -2.12. The zero-order valence-corrected chi connectivity index (χ0v) is 14.6. The second-order valence-electron chi connectivity index (χ2n) is 5.71. The number of amides is 1. The van der Waals surface area contributed by atoms with Crippen molar-refractivity contribution in [2.45, 2.75) is 19.9 Å². The van der Waals surface area contributed by atoms with Crippen LogP contribution < -0.4 is 5.32 Å². The first-order chi connectivity index (χ1) is 11.0. The van der Waals surface area contributed by atoms with Crippen molar-refractivity contribution in [3.8, 4) is 11.3 Å². The highest BCUT2D eigenvalue weighted by atomic mass is 79.9. The lowest BCUT2D eigenvalue weighted by Crippen LogP contribution is -2.30. The molecule has 116 valence electrons. The molecule has 0 saturated heterocycles. The van der Waals surface area contributed by atoms with Crippen LogP contribution in [0.1, 0.15) is 24.2 Å². The summed E-state index contributed by atoms with van der Waals surface area (Å²) in [5.41, 5.74) is 3.26. The van der Waals surface area contributed by atoms with Gasteiger partial charge < -0.3 is 5.32 Å². The molecule has 0 aliphatic rings. The molecule has 1 aromatic heterocycles. The number of para-hydroxylation sites is 1. The average molecular weight is 369 g/mol. The first kappa shape index (κ1) is 15.7. The smallest absolute Gasteiger partial charge is 0.252 e. The van der Waals surface area contributed by atoms with E-state index in [4.69, 9.17) is 4.98 Å². The number of hydrogen-bond donors (Lipinski definition) is 1. The Morgan fingerprint density at radius 1 is 1.09 bits per heavy atom. The number of hydrogen-bond acceptors (Lipinski definition) is 2. The van der Waals surface area contributed by atoms with Crippen LogP contribution in [0.2, 0.25) is 0 Å². The number of fused-ring (bicyclic) bond motifs is 1. The maximum Gasteiger partial charge on any atom is 0.252 e. The first-order valence-corrected chi connectivity index (χ1v) is 8.30. The van der Waals surface area contributed by atoms with Gasteiger partial charge in [0, 0.05) is 21.5 Å². The Hall–Kier alpha value is -2.20. The fraction of sp³-hybridized carbons (Fsp3) is 0.158. The third-order valence-electron chi connectivity index (χ3n) is 3.52. The number of pyridine rings is 1. The van der Waals surface area contributed by atoms with E-state index >= 15 is 0 Å². The highest BCUT2D eigenvalue weighted by Gasteiger charge is 2.14. The van der Waals surface area contributed by atoms with Crippen LogP contribution in [0.4, 0.5) is 0 Å².